The lowest BCUT2D eigenvalue weighted by atomic mass is 9.74. The van der Waals surface area contributed by atoms with Crippen LogP contribution in [0.25, 0.3) is 0 Å². The van der Waals surface area contributed by atoms with Crippen molar-refractivity contribution >= 4 is 16.5 Å². The number of aromatic nitrogens is 2. The Kier molecular flexibility index (Phi) is 4.56. The molecule has 102 valence electrons. The second-order valence-electron chi connectivity index (χ2n) is 5.28. The zero-order valence-corrected chi connectivity index (χ0v) is 12.5. The van der Waals surface area contributed by atoms with E-state index in [-0.39, 0.29) is 0 Å². The zero-order valence-electron chi connectivity index (χ0n) is 11.7. The minimum absolute atomic E-state index is 0.600. The highest BCUT2D eigenvalue weighted by Crippen LogP contribution is 2.38. The van der Waals surface area contributed by atoms with Crippen LogP contribution in [0, 0.1) is 5.41 Å². The molecule has 2 heterocycles. The highest BCUT2D eigenvalue weighted by molar-refractivity contribution is 7.10. The molecule has 1 N–H and O–H groups in total. The summed E-state index contributed by atoms with van der Waals surface area (Å²) < 4.78 is 4.02. The molecule has 1 aliphatic heterocycles. The number of nitrogens with one attached hydrogen (secondary N) is 1. The van der Waals surface area contributed by atoms with Crippen molar-refractivity contribution in [2.75, 3.05) is 25.5 Å². The van der Waals surface area contributed by atoms with Crippen molar-refractivity contribution in [2.24, 2.45) is 5.41 Å². The molecule has 0 aliphatic carbocycles. The topological polar surface area (TPSA) is 41.1 Å². The van der Waals surface area contributed by atoms with Gasteiger partial charge in [-0.1, -0.05) is 31.2 Å². The van der Waals surface area contributed by atoms with Crippen LogP contribution in [-0.4, -0.2) is 34.6 Å². The molecular weight excluding hydrogens is 244 g/mol. The Labute approximate surface area is 114 Å². The van der Waals surface area contributed by atoms with Gasteiger partial charge in [-0.2, -0.15) is 0 Å². The molecule has 1 aliphatic rings. The van der Waals surface area contributed by atoms with E-state index in [4.69, 9.17) is 0 Å². The van der Waals surface area contributed by atoms with Gasteiger partial charge < -0.3 is 5.32 Å². The van der Waals surface area contributed by atoms with E-state index in [1.54, 1.807) is 0 Å². The fraction of sp³-hybridized carbons (Fsp3) is 0.846. The molecule has 0 saturated carbocycles. The smallest absolute Gasteiger partial charge is 0.134 e. The lowest BCUT2D eigenvalue weighted by molar-refractivity contribution is 0.0902. The molecule has 0 radical (unpaired) electrons. The summed E-state index contributed by atoms with van der Waals surface area (Å²) in [4.78, 5) is 2.52. The van der Waals surface area contributed by atoms with E-state index < -0.39 is 0 Å². The molecule has 0 unspecified atom stereocenters. The molecule has 0 atom stereocenters. The maximum atomic E-state index is 4.22. The van der Waals surface area contributed by atoms with Crippen LogP contribution in [0.15, 0.2) is 0 Å². The number of likely N-dealkylation sites (tertiary alicyclic amines) is 1. The van der Waals surface area contributed by atoms with Crippen LogP contribution in [0.3, 0.4) is 0 Å². The Hall–Kier alpha value is -0.680. The monoisotopic (exact) mass is 268 g/mol. The Bertz CT molecular complexity index is 363. The third-order valence-corrected chi connectivity index (χ3v) is 5.36. The highest BCUT2D eigenvalue weighted by Gasteiger charge is 2.31. The van der Waals surface area contributed by atoms with Crippen molar-refractivity contribution in [3.05, 3.63) is 5.69 Å². The predicted octanol–water partition coefficient (Wildman–Crippen LogP) is 2.98. The van der Waals surface area contributed by atoms with E-state index in [0.717, 1.165) is 17.2 Å². The summed E-state index contributed by atoms with van der Waals surface area (Å²) in [5, 5.41) is 8.50. The van der Waals surface area contributed by atoms with Crippen molar-refractivity contribution in [1.82, 2.24) is 14.5 Å². The van der Waals surface area contributed by atoms with Crippen LogP contribution in [-0.2, 0) is 6.54 Å². The van der Waals surface area contributed by atoms with Crippen LogP contribution in [0.5, 0.6) is 0 Å². The van der Waals surface area contributed by atoms with Crippen LogP contribution >= 0.6 is 11.5 Å². The van der Waals surface area contributed by atoms with E-state index in [2.05, 4.69) is 33.7 Å². The minimum Gasteiger partial charge on any atom is -0.377 e. The zero-order chi connectivity index (χ0) is 13.0. The van der Waals surface area contributed by atoms with Crippen molar-refractivity contribution in [2.45, 2.75) is 46.1 Å². The first kappa shape index (κ1) is 13.7. The number of anilines is 1. The molecule has 0 amide bonds. The molecular formula is C13H24N4S. The first-order chi connectivity index (χ1) is 8.73. The number of hydrogen-bond donors (Lipinski definition) is 1. The molecule has 0 aromatic carbocycles. The molecule has 18 heavy (non-hydrogen) atoms. The van der Waals surface area contributed by atoms with Gasteiger partial charge in [-0.05, 0) is 31.3 Å². The third kappa shape index (κ3) is 2.83. The number of nitrogens with zero attached hydrogens (tertiary/aromatic N) is 3. The number of piperidine rings is 1. The second-order valence-corrected chi connectivity index (χ2v) is 6.04. The highest BCUT2D eigenvalue weighted by atomic mass is 32.1. The fourth-order valence-electron chi connectivity index (χ4n) is 2.86. The van der Waals surface area contributed by atoms with Gasteiger partial charge in [-0.25, -0.2) is 0 Å². The van der Waals surface area contributed by atoms with Crippen molar-refractivity contribution in [3.63, 3.8) is 0 Å². The van der Waals surface area contributed by atoms with Gasteiger partial charge in [0.05, 0.1) is 0 Å². The summed E-state index contributed by atoms with van der Waals surface area (Å²) in [6.07, 6.45) is 5.29. The number of hydrogen-bond acceptors (Lipinski definition) is 5. The summed E-state index contributed by atoms with van der Waals surface area (Å²) >= 11 is 1.45. The Morgan fingerprint density at radius 1 is 1.28 bits per heavy atom. The van der Waals surface area contributed by atoms with Gasteiger partial charge >= 0.3 is 0 Å². The summed E-state index contributed by atoms with van der Waals surface area (Å²) in [5.41, 5.74) is 1.70. The Balaban J connectivity index is 1.91. The Morgan fingerprint density at radius 3 is 2.50 bits per heavy atom. The lowest BCUT2D eigenvalue weighted by Crippen LogP contribution is -2.39. The van der Waals surface area contributed by atoms with E-state index in [9.17, 15) is 0 Å². The maximum absolute atomic E-state index is 4.22. The van der Waals surface area contributed by atoms with Gasteiger partial charge in [0.1, 0.15) is 10.7 Å². The van der Waals surface area contributed by atoms with Crippen LogP contribution < -0.4 is 5.32 Å². The van der Waals surface area contributed by atoms with Gasteiger partial charge in [0, 0.05) is 25.1 Å². The molecule has 4 nitrogen and oxygen atoms in total. The van der Waals surface area contributed by atoms with E-state index in [1.165, 1.54) is 50.3 Å². The first-order valence-electron chi connectivity index (χ1n) is 6.94. The van der Waals surface area contributed by atoms with E-state index in [1.807, 2.05) is 7.05 Å². The van der Waals surface area contributed by atoms with Gasteiger partial charge in [-0.3, -0.25) is 4.90 Å². The first-order valence-corrected chi connectivity index (χ1v) is 7.71. The van der Waals surface area contributed by atoms with Gasteiger partial charge in [-0.15, -0.1) is 5.10 Å². The second kappa shape index (κ2) is 5.97. The van der Waals surface area contributed by atoms with Crippen molar-refractivity contribution in [3.8, 4) is 0 Å². The summed E-state index contributed by atoms with van der Waals surface area (Å²) in [5.74, 6) is 0. The van der Waals surface area contributed by atoms with Gasteiger partial charge in [0.25, 0.3) is 0 Å². The largest absolute Gasteiger partial charge is 0.377 e. The average Bonchev–Trinajstić information content (AvgIpc) is 2.87. The van der Waals surface area contributed by atoms with E-state index in [0.29, 0.717) is 5.41 Å². The normalized spacial score (nSPS) is 19.9. The summed E-state index contributed by atoms with van der Waals surface area (Å²) in [7, 11) is 1.94. The molecule has 0 bridgehead atoms. The maximum Gasteiger partial charge on any atom is 0.134 e. The van der Waals surface area contributed by atoms with Gasteiger partial charge in [0.2, 0.25) is 0 Å². The summed E-state index contributed by atoms with van der Waals surface area (Å²) in [6.45, 7) is 8.01. The third-order valence-electron chi connectivity index (χ3n) is 4.57. The molecule has 1 aromatic heterocycles. The quantitative estimate of drug-likeness (QED) is 0.891. The standard InChI is InChI=1S/C13H24N4S/c1-4-13(5-2)6-8-17(9-7-13)10-11-12(14-3)18-16-15-11/h14H,4-10H2,1-3H3. The molecule has 1 fully saturated rings. The van der Waals surface area contributed by atoms with E-state index >= 15 is 0 Å². The van der Waals surface area contributed by atoms with Crippen molar-refractivity contribution < 1.29 is 0 Å². The molecule has 0 spiro atoms. The number of rotatable bonds is 5. The SMILES string of the molecule is CCC1(CC)CCN(Cc2nnsc2NC)CC1. The lowest BCUT2D eigenvalue weighted by Gasteiger charge is -2.40. The molecule has 1 saturated heterocycles. The van der Waals surface area contributed by atoms with Gasteiger partial charge in [0.15, 0.2) is 0 Å². The molecule has 1 aromatic rings. The molecule has 2 rings (SSSR count). The van der Waals surface area contributed by atoms with Crippen LogP contribution in [0.1, 0.15) is 45.2 Å². The average molecular weight is 268 g/mol. The van der Waals surface area contributed by atoms with Crippen molar-refractivity contribution in [1.29, 1.82) is 0 Å². The molecule has 5 heteroatoms. The Morgan fingerprint density at radius 2 is 1.94 bits per heavy atom. The summed E-state index contributed by atoms with van der Waals surface area (Å²) in [6, 6.07) is 0. The minimum atomic E-state index is 0.600. The fourth-order valence-corrected chi connectivity index (χ4v) is 3.38. The van der Waals surface area contributed by atoms with Crippen LogP contribution in [0.4, 0.5) is 5.00 Å². The predicted molar refractivity (Wildman–Crippen MR) is 77.0 cm³/mol. The van der Waals surface area contributed by atoms with Crippen LogP contribution in [0.2, 0.25) is 0 Å².